The van der Waals surface area contributed by atoms with Crippen molar-refractivity contribution in [3.05, 3.63) is 0 Å². The summed E-state index contributed by atoms with van der Waals surface area (Å²) in [5.41, 5.74) is -1.68. The molecule has 0 aromatic carbocycles. The quantitative estimate of drug-likeness (QED) is 0.318. The Balaban J connectivity index is 5.06. The summed E-state index contributed by atoms with van der Waals surface area (Å²) < 4.78 is 9.95. The van der Waals surface area contributed by atoms with Crippen molar-refractivity contribution in [3.8, 4) is 0 Å². The largest absolute Gasteiger partial charge is 0.402 e. The molecule has 2 N–H and O–H groups in total. The Bertz CT molecular complexity index is 238. The Kier molecular flexibility index (Phi) is 6.23. The zero-order chi connectivity index (χ0) is 12.8. The first-order chi connectivity index (χ1) is 7.41. The lowest BCUT2D eigenvalue weighted by molar-refractivity contribution is -0.301. The molecule has 0 aromatic heterocycles. The molecule has 94 valence electrons. The van der Waals surface area contributed by atoms with Gasteiger partial charge in [-0.25, -0.2) is 10.7 Å². The van der Waals surface area contributed by atoms with Gasteiger partial charge >= 0.3 is 17.5 Å². The molecule has 0 unspecified atom stereocenters. The zero-order valence-electron chi connectivity index (χ0n) is 10.1. The second-order valence-corrected chi connectivity index (χ2v) is 7.16. The molecule has 0 atom stereocenters. The van der Waals surface area contributed by atoms with E-state index >= 15 is 0 Å². The van der Waals surface area contributed by atoms with Crippen LogP contribution in [0.3, 0.4) is 0 Å². The second-order valence-electron chi connectivity index (χ2n) is 3.42. The summed E-state index contributed by atoms with van der Waals surface area (Å²) in [5, 5.41) is 0. The molecule has 6 nitrogen and oxygen atoms in total. The number of esters is 2. The van der Waals surface area contributed by atoms with Crippen LogP contribution in [0.5, 0.6) is 0 Å². The first-order valence-corrected chi connectivity index (χ1v) is 7.39. The average molecular weight is 249 g/mol. The summed E-state index contributed by atoms with van der Waals surface area (Å²) in [6, 6.07) is 1.46. The van der Waals surface area contributed by atoms with Crippen molar-refractivity contribution in [2.24, 2.45) is 5.90 Å². The molecule has 0 rings (SSSR count). The van der Waals surface area contributed by atoms with E-state index in [0.29, 0.717) is 0 Å². The summed E-state index contributed by atoms with van der Waals surface area (Å²) >= 11 is 0. The highest BCUT2D eigenvalue weighted by atomic mass is 28.3. The van der Waals surface area contributed by atoms with E-state index in [-0.39, 0.29) is 0 Å². The van der Waals surface area contributed by atoms with E-state index in [1.54, 1.807) is 0 Å². The lowest BCUT2D eigenvalue weighted by Gasteiger charge is -2.34. The van der Waals surface area contributed by atoms with Crippen LogP contribution in [-0.4, -0.2) is 26.3 Å². The van der Waals surface area contributed by atoms with Crippen LogP contribution in [0.25, 0.3) is 0 Å². The lowest BCUT2D eigenvalue weighted by Crippen LogP contribution is -2.55. The van der Waals surface area contributed by atoms with Gasteiger partial charge in [-0.15, -0.1) is 0 Å². The summed E-state index contributed by atoms with van der Waals surface area (Å²) in [6.45, 7) is 6.27. The Hall–Kier alpha value is -0.923. The number of carbonyl (C=O) groups excluding carboxylic acids is 2. The summed E-state index contributed by atoms with van der Waals surface area (Å²) in [4.78, 5) is 26.7. The fourth-order valence-corrected chi connectivity index (χ4v) is 3.96. The number of carbonyl (C=O) groups is 2. The van der Waals surface area contributed by atoms with E-state index in [0.717, 1.165) is 12.1 Å². The van der Waals surface area contributed by atoms with Crippen LogP contribution in [0.15, 0.2) is 0 Å². The third-order valence-electron chi connectivity index (χ3n) is 2.22. The SMILES string of the molecule is CC[SiH](CC)C(ON)(OC(C)=O)OC(C)=O. The number of nitrogens with two attached hydrogens (primary N) is 1. The van der Waals surface area contributed by atoms with Crippen LogP contribution in [0.1, 0.15) is 27.7 Å². The van der Waals surface area contributed by atoms with Gasteiger partial charge in [-0.2, -0.15) is 0 Å². The average Bonchev–Trinajstić information content (AvgIpc) is 2.17. The maximum absolute atomic E-state index is 11.0. The Morgan fingerprint density at radius 3 is 1.69 bits per heavy atom. The first-order valence-electron chi connectivity index (χ1n) is 5.18. The van der Waals surface area contributed by atoms with Gasteiger partial charge in [0.2, 0.25) is 0 Å². The van der Waals surface area contributed by atoms with Gasteiger partial charge in [0.25, 0.3) is 0 Å². The highest BCUT2D eigenvalue weighted by Crippen LogP contribution is 2.23. The van der Waals surface area contributed by atoms with Gasteiger partial charge in [-0.1, -0.05) is 25.9 Å². The van der Waals surface area contributed by atoms with Gasteiger partial charge in [0.05, 0.1) is 0 Å². The van der Waals surface area contributed by atoms with Crippen molar-refractivity contribution >= 4 is 20.7 Å². The maximum Gasteiger partial charge on any atom is 0.353 e. The normalized spacial score (nSPS) is 11.4. The number of hydrogen-bond acceptors (Lipinski definition) is 6. The van der Waals surface area contributed by atoms with Crippen LogP contribution in [-0.2, 0) is 23.9 Å². The van der Waals surface area contributed by atoms with E-state index < -0.39 is 26.3 Å². The van der Waals surface area contributed by atoms with E-state index in [4.69, 9.17) is 15.4 Å². The molecule has 0 radical (unpaired) electrons. The maximum atomic E-state index is 11.0. The topological polar surface area (TPSA) is 87.8 Å². The standard InChI is InChI=1S/C9H19NO5Si/c1-5-16(6-2)9(15-10,13-7(3)11)14-8(4)12/h16H,5-6,10H2,1-4H3. The molecule has 0 spiro atoms. The predicted molar refractivity (Wildman–Crippen MR) is 59.6 cm³/mol. The molecule has 0 aromatic rings. The zero-order valence-corrected chi connectivity index (χ0v) is 11.3. The fraction of sp³-hybridized carbons (Fsp3) is 0.778. The summed E-state index contributed by atoms with van der Waals surface area (Å²) in [7, 11) is -1.79. The Morgan fingerprint density at radius 1 is 1.12 bits per heavy atom. The molecule has 0 heterocycles. The van der Waals surface area contributed by atoms with Crippen LogP contribution in [0.2, 0.25) is 12.1 Å². The Labute approximate surface area is 96.6 Å². The molecule has 0 aliphatic carbocycles. The Morgan fingerprint density at radius 2 is 1.50 bits per heavy atom. The predicted octanol–water partition coefficient (Wildman–Crippen LogP) is 0.463. The molecule has 0 amide bonds. The molecule has 0 bridgehead atoms. The van der Waals surface area contributed by atoms with Crippen molar-refractivity contribution in [2.75, 3.05) is 0 Å². The molecule has 0 aliphatic rings. The highest BCUT2D eigenvalue weighted by Gasteiger charge is 2.46. The smallest absolute Gasteiger partial charge is 0.353 e. The minimum absolute atomic E-state index is 0.592. The molecular weight excluding hydrogens is 230 g/mol. The van der Waals surface area contributed by atoms with Gasteiger partial charge in [-0.3, -0.25) is 9.59 Å². The third kappa shape index (κ3) is 3.91. The fourth-order valence-electron chi connectivity index (χ4n) is 1.52. The molecular formula is C9H19NO5Si. The van der Waals surface area contributed by atoms with Crippen molar-refractivity contribution < 1.29 is 23.9 Å². The van der Waals surface area contributed by atoms with E-state index in [1.807, 2.05) is 13.8 Å². The van der Waals surface area contributed by atoms with Crippen molar-refractivity contribution in [1.29, 1.82) is 0 Å². The lowest BCUT2D eigenvalue weighted by atomic mass is 10.8. The summed E-state index contributed by atoms with van der Waals surface area (Å²) in [5.74, 6) is 3.95. The van der Waals surface area contributed by atoms with E-state index in [9.17, 15) is 9.59 Å². The minimum Gasteiger partial charge on any atom is -0.402 e. The van der Waals surface area contributed by atoms with E-state index in [1.165, 1.54) is 13.8 Å². The van der Waals surface area contributed by atoms with Crippen LogP contribution < -0.4 is 5.90 Å². The monoisotopic (exact) mass is 249 g/mol. The van der Waals surface area contributed by atoms with Gasteiger partial charge in [0.1, 0.15) is 0 Å². The van der Waals surface area contributed by atoms with Gasteiger partial charge in [0, 0.05) is 13.8 Å². The molecule has 0 saturated heterocycles. The van der Waals surface area contributed by atoms with Gasteiger partial charge in [-0.05, 0) is 0 Å². The van der Waals surface area contributed by atoms with Crippen molar-refractivity contribution in [1.82, 2.24) is 0 Å². The van der Waals surface area contributed by atoms with Crippen LogP contribution >= 0.6 is 0 Å². The molecule has 16 heavy (non-hydrogen) atoms. The van der Waals surface area contributed by atoms with Crippen LogP contribution in [0.4, 0.5) is 0 Å². The highest BCUT2D eigenvalue weighted by molar-refractivity contribution is 6.61. The number of hydrogen-bond donors (Lipinski definition) is 1. The molecule has 0 aliphatic heterocycles. The van der Waals surface area contributed by atoms with Gasteiger partial charge in [0.15, 0.2) is 8.80 Å². The molecule has 0 fully saturated rings. The van der Waals surface area contributed by atoms with Crippen molar-refractivity contribution in [2.45, 2.75) is 45.4 Å². The first kappa shape index (κ1) is 15.1. The van der Waals surface area contributed by atoms with Crippen LogP contribution in [0, 0.1) is 0 Å². The minimum atomic E-state index is -1.79. The van der Waals surface area contributed by atoms with Gasteiger partial charge < -0.3 is 9.47 Å². The molecule has 0 saturated carbocycles. The molecule has 7 heteroatoms. The number of ether oxygens (including phenoxy) is 2. The third-order valence-corrected chi connectivity index (χ3v) is 5.56. The number of rotatable bonds is 6. The second kappa shape index (κ2) is 6.61. The summed E-state index contributed by atoms with van der Waals surface area (Å²) in [6.07, 6.45) is 0. The van der Waals surface area contributed by atoms with E-state index in [2.05, 4.69) is 4.84 Å². The van der Waals surface area contributed by atoms with Crippen molar-refractivity contribution in [3.63, 3.8) is 0 Å².